The fraction of sp³-hybridized carbons (Fsp3) is 0.231. The first-order valence-corrected chi connectivity index (χ1v) is 5.36. The van der Waals surface area contributed by atoms with Crippen LogP contribution < -0.4 is 5.32 Å². The van der Waals surface area contributed by atoms with Crippen LogP contribution in [-0.2, 0) is 13.0 Å². The zero-order valence-corrected chi connectivity index (χ0v) is 9.02. The van der Waals surface area contributed by atoms with Crippen molar-refractivity contribution >= 4 is 0 Å². The average Bonchev–Trinajstić information content (AvgIpc) is 2.79. The van der Waals surface area contributed by atoms with Crippen LogP contribution in [-0.4, -0.2) is 11.7 Å². The topological polar surface area (TPSA) is 45.4 Å². The predicted octanol–water partition coefficient (Wildman–Crippen LogP) is 2.32. The Hall–Kier alpha value is -1.74. The standard InChI is InChI=1S/C13H15NO2/c15-13-6-2-1-4-11(13)10-14-8-7-12-5-3-9-16-12/h1-6,9,14-15H,7-8,10H2. The van der Waals surface area contributed by atoms with Crippen LogP contribution in [0.4, 0.5) is 0 Å². The molecule has 0 bridgehead atoms. The van der Waals surface area contributed by atoms with Crippen molar-refractivity contribution in [2.45, 2.75) is 13.0 Å². The first kappa shape index (κ1) is 10.8. The highest BCUT2D eigenvalue weighted by Gasteiger charge is 1.99. The Morgan fingerprint density at radius 1 is 1.12 bits per heavy atom. The third-order valence-corrected chi connectivity index (χ3v) is 2.44. The van der Waals surface area contributed by atoms with Crippen LogP contribution in [0.1, 0.15) is 11.3 Å². The minimum Gasteiger partial charge on any atom is -0.508 e. The number of para-hydroxylation sites is 1. The van der Waals surface area contributed by atoms with Gasteiger partial charge in [0.05, 0.1) is 6.26 Å². The monoisotopic (exact) mass is 217 g/mol. The van der Waals surface area contributed by atoms with E-state index in [-0.39, 0.29) is 0 Å². The van der Waals surface area contributed by atoms with Crippen molar-refractivity contribution in [2.24, 2.45) is 0 Å². The smallest absolute Gasteiger partial charge is 0.120 e. The van der Waals surface area contributed by atoms with Gasteiger partial charge in [0.1, 0.15) is 11.5 Å². The molecule has 2 N–H and O–H groups in total. The van der Waals surface area contributed by atoms with Gasteiger partial charge in [-0.3, -0.25) is 0 Å². The second-order valence-electron chi connectivity index (χ2n) is 3.63. The molecule has 0 amide bonds. The van der Waals surface area contributed by atoms with E-state index in [0.717, 1.165) is 24.3 Å². The molecule has 3 heteroatoms. The minimum atomic E-state index is 0.341. The summed E-state index contributed by atoms with van der Waals surface area (Å²) in [6, 6.07) is 11.2. The van der Waals surface area contributed by atoms with Gasteiger partial charge in [0.2, 0.25) is 0 Å². The second-order valence-corrected chi connectivity index (χ2v) is 3.63. The van der Waals surface area contributed by atoms with Crippen molar-refractivity contribution in [2.75, 3.05) is 6.54 Å². The molecular weight excluding hydrogens is 202 g/mol. The van der Waals surface area contributed by atoms with Crippen molar-refractivity contribution < 1.29 is 9.52 Å². The van der Waals surface area contributed by atoms with E-state index in [1.54, 1.807) is 12.3 Å². The van der Waals surface area contributed by atoms with Crippen LogP contribution in [0.5, 0.6) is 5.75 Å². The molecule has 0 unspecified atom stereocenters. The first-order valence-electron chi connectivity index (χ1n) is 5.36. The Morgan fingerprint density at radius 3 is 2.75 bits per heavy atom. The van der Waals surface area contributed by atoms with E-state index in [1.807, 2.05) is 30.3 Å². The van der Waals surface area contributed by atoms with Gasteiger partial charge in [-0.05, 0) is 18.2 Å². The van der Waals surface area contributed by atoms with E-state index in [4.69, 9.17) is 4.42 Å². The molecule has 1 aromatic heterocycles. The molecule has 0 radical (unpaired) electrons. The van der Waals surface area contributed by atoms with Crippen LogP contribution in [0.3, 0.4) is 0 Å². The largest absolute Gasteiger partial charge is 0.508 e. The van der Waals surface area contributed by atoms with E-state index >= 15 is 0 Å². The molecule has 0 aliphatic heterocycles. The Balaban J connectivity index is 1.74. The van der Waals surface area contributed by atoms with Gasteiger partial charge < -0.3 is 14.8 Å². The van der Waals surface area contributed by atoms with Gasteiger partial charge in [-0.2, -0.15) is 0 Å². The summed E-state index contributed by atoms with van der Waals surface area (Å²) >= 11 is 0. The number of hydrogen-bond donors (Lipinski definition) is 2. The summed E-state index contributed by atoms with van der Waals surface area (Å²) in [5, 5.41) is 12.8. The van der Waals surface area contributed by atoms with Gasteiger partial charge in [-0.1, -0.05) is 18.2 Å². The van der Waals surface area contributed by atoms with E-state index in [2.05, 4.69) is 5.32 Å². The van der Waals surface area contributed by atoms with Gasteiger partial charge in [-0.15, -0.1) is 0 Å². The molecule has 0 saturated carbocycles. The molecule has 84 valence electrons. The SMILES string of the molecule is Oc1ccccc1CNCCc1ccco1. The van der Waals surface area contributed by atoms with Crippen molar-refractivity contribution in [3.05, 3.63) is 54.0 Å². The molecule has 2 aromatic rings. The highest BCUT2D eigenvalue weighted by Crippen LogP contribution is 2.14. The number of nitrogens with one attached hydrogen (secondary N) is 1. The lowest BCUT2D eigenvalue weighted by atomic mass is 10.2. The van der Waals surface area contributed by atoms with Crippen molar-refractivity contribution in [1.29, 1.82) is 0 Å². The number of furan rings is 1. The lowest BCUT2D eigenvalue weighted by Crippen LogP contribution is -2.16. The minimum absolute atomic E-state index is 0.341. The number of aromatic hydroxyl groups is 1. The van der Waals surface area contributed by atoms with Crippen molar-refractivity contribution in [3.8, 4) is 5.75 Å². The van der Waals surface area contributed by atoms with Gasteiger partial charge in [0.25, 0.3) is 0 Å². The molecule has 0 atom stereocenters. The van der Waals surface area contributed by atoms with Gasteiger partial charge in [0, 0.05) is 25.1 Å². The predicted molar refractivity (Wildman–Crippen MR) is 62.2 cm³/mol. The Morgan fingerprint density at radius 2 is 2.00 bits per heavy atom. The quantitative estimate of drug-likeness (QED) is 0.755. The lowest BCUT2D eigenvalue weighted by molar-refractivity contribution is 0.462. The second kappa shape index (κ2) is 5.37. The highest BCUT2D eigenvalue weighted by atomic mass is 16.3. The van der Waals surface area contributed by atoms with Crippen LogP contribution in [0.15, 0.2) is 47.1 Å². The summed E-state index contributed by atoms with van der Waals surface area (Å²) in [7, 11) is 0. The zero-order chi connectivity index (χ0) is 11.2. The Bertz CT molecular complexity index is 423. The van der Waals surface area contributed by atoms with Gasteiger partial charge in [-0.25, -0.2) is 0 Å². The molecule has 1 heterocycles. The van der Waals surface area contributed by atoms with Gasteiger partial charge >= 0.3 is 0 Å². The summed E-state index contributed by atoms with van der Waals surface area (Å²) < 4.78 is 5.22. The molecule has 0 aliphatic carbocycles. The van der Waals surface area contributed by atoms with Crippen molar-refractivity contribution in [1.82, 2.24) is 5.32 Å². The van der Waals surface area contributed by atoms with E-state index < -0.39 is 0 Å². The normalized spacial score (nSPS) is 10.5. The first-order chi connectivity index (χ1) is 7.86. The maximum absolute atomic E-state index is 9.54. The van der Waals surface area contributed by atoms with Crippen LogP contribution in [0, 0.1) is 0 Å². The maximum atomic E-state index is 9.54. The van der Waals surface area contributed by atoms with Crippen LogP contribution in [0.2, 0.25) is 0 Å². The third kappa shape index (κ3) is 2.87. The highest BCUT2D eigenvalue weighted by molar-refractivity contribution is 5.31. The molecule has 0 saturated heterocycles. The summed E-state index contributed by atoms with van der Waals surface area (Å²) in [6.45, 7) is 1.51. The van der Waals surface area contributed by atoms with Crippen LogP contribution >= 0.6 is 0 Å². The molecule has 0 aliphatic rings. The van der Waals surface area contributed by atoms with E-state index in [1.165, 1.54) is 0 Å². The molecule has 0 spiro atoms. The number of hydrogen-bond acceptors (Lipinski definition) is 3. The average molecular weight is 217 g/mol. The summed E-state index contributed by atoms with van der Waals surface area (Å²) in [4.78, 5) is 0. The number of benzene rings is 1. The van der Waals surface area contributed by atoms with Crippen LogP contribution in [0.25, 0.3) is 0 Å². The summed E-state index contributed by atoms with van der Waals surface area (Å²) in [6.07, 6.45) is 2.54. The molecule has 2 rings (SSSR count). The molecule has 0 fully saturated rings. The number of phenolic OH excluding ortho intramolecular Hbond substituents is 1. The number of phenols is 1. The lowest BCUT2D eigenvalue weighted by Gasteiger charge is -2.05. The van der Waals surface area contributed by atoms with Crippen molar-refractivity contribution in [3.63, 3.8) is 0 Å². The van der Waals surface area contributed by atoms with E-state index in [9.17, 15) is 5.11 Å². The Labute approximate surface area is 94.7 Å². The number of rotatable bonds is 5. The fourth-order valence-electron chi connectivity index (χ4n) is 1.55. The molecular formula is C13H15NO2. The van der Waals surface area contributed by atoms with Gasteiger partial charge in [0.15, 0.2) is 0 Å². The maximum Gasteiger partial charge on any atom is 0.120 e. The molecule has 3 nitrogen and oxygen atoms in total. The summed E-state index contributed by atoms with van der Waals surface area (Å²) in [5.74, 6) is 1.32. The summed E-state index contributed by atoms with van der Waals surface area (Å²) in [5.41, 5.74) is 0.918. The molecule has 16 heavy (non-hydrogen) atoms. The fourth-order valence-corrected chi connectivity index (χ4v) is 1.55. The van der Waals surface area contributed by atoms with E-state index in [0.29, 0.717) is 12.3 Å². The zero-order valence-electron chi connectivity index (χ0n) is 9.02. The third-order valence-electron chi connectivity index (χ3n) is 2.44. The Kier molecular flexibility index (Phi) is 3.62. The molecule has 1 aromatic carbocycles.